The molecular formula is C8H9NO. The van der Waals surface area contributed by atoms with Crippen molar-refractivity contribution >= 4 is 6.08 Å². The van der Waals surface area contributed by atoms with Gasteiger partial charge < -0.3 is 0 Å². The molecule has 0 saturated heterocycles. The Morgan fingerprint density at radius 1 is 1.80 bits per heavy atom. The minimum Gasteiger partial charge on any atom is -0.211 e. The fraction of sp³-hybridized carbons (Fsp3) is 0.375. The van der Waals surface area contributed by atoms with Gasteiger partial charge in [0.1, 0.15) is 0 Å². The summed E-state index contributed by atoms with van der Waals surface area (Å²) in [6, 6.07) is 0. The monoisotopic (exact) mass is 135 g/mol. The van der Waals surface area contributed by atoms with E-state index in [1.807, 2.05) is 18.2 Å². The SMILES string of the molecule is CC1C=C(N=C=O)C=CC1. The van der Waals surface area contributed by atoms with E-state index in [1.54, 1.807) is 0 Å². The second-order valence-corrected chi connectivity index (χ2v) is 2.41. The molecule has 0 bridgehead atoms. The fourth-order valence-electron chi connectivity index (χ4n) is 0.946. The van der Waals surface area contributed by atoms with Crippen LogP contribution in [0.25, 0.3) is 0 Å². The van der Waals surface area contributed by atoms with Crippen LogP contribution in [0.5, 0.6) is 0 Å². The first-order valence-corrected chi connectivity index (χ1v) is 3.29. The van der Waals surface area contributed by atoms with Gasteiger partial charge in [-0.3, -0.25) is 0 Å². The van der Waals surface area contributed by atoms with Crippen LogP contribution < -0.4 is 0 Å². The molecule has 0 N–H and O–H groups in total. The number of hydrogen-bond donors (Lipinski definition) is 0. The van der Waals surface area contributed by atoms with E-state index in [0.29, 0.717) is 5.92 Å². The molecule has 0 aromatic carbocycles. The summed E-state index contributed by atoms with van der Waals surface area (Å²) in [7, 11) is 0. The quantitative estimate of drug-likeness (QED) is 0.398. The second-order valence-electron chi connectivity index (χ2n) is 2.41. The van der Waals surface area contributed by atoms with Gasteiger partial charge in [-0.1, -0.05) is 19.1 Å². The van der Waals surface area contributed by atoms with Crippen LogP contribution in [0.3, 0.4) is 0 Å². The zero-order valence-corrected chi connectivity index (χ0v) is 5.87. The number of allylic oxidation sites excluding steroid dienone is 3. The highest BCUT2D eigenvalue weighted by Crippen LogP contribution is 2.15. The predicted molar refractivity (Wildman–Crippen MR) is 39.1 cm³/mol. The maximum absolute atomic E-state index is 9.81. The van der Waals surface area contributed by atoms with Crippen molar-refractivity contribution in [3.8, 4) is 0 Å². The molecule has 1 aliphatic rings. The topological polar surface area (TPSA) is 29.4 Å². The molecule has 1 aliphatic carbocycles. The van der Waals surface area contributed by atoms with Crippen molar-refractivity contribution in [2.75, 3.05) is 0 Å². The summed E-state index contributed by atoms with van der Waals surface area (Å²) in [4.78, 5) is 13.3. The van der Waals surface area contributed by atoms with E-state index in [1.165, 1.54) is 6.08 Å². The third-order valence-corrected chi connectivity index (χ3v) is 1.43. The van der Waals surface area contributed by atoms with Gasteiger partial charge in [-0.25, -0.2) is 4.79 Å². The van der Waals surface area contributed by atoms with Gasteiger partial charge in [0.25, 0.3) is 0 Å². The van der Waals surface area contributed by atoms with Crippen LogP contribution in [0, 0.1) is 5.92 Å². The molecule has 2 nitrogen and oxygen atoms in total. The highest BCUT2D eigenvalue weighted by atomic mass is 16.1. The number of rotatable bonds is 1. The van der Waals surface area contributed by atoms with Crippen LogP contribution >= 0.6 is 0 Å². The smallest absolute Gasteiger partial charge is 0.211 e. The molecule has 0 aromatic heterocycles. The van der Waals surface area contributed by atoms with Crippen LogP contribution in [-0.2, 0) is 4.79 Å². The molecule has 0 aliphatic heterocycles. The van der Waals surface area contributed by atoms with Crippen molar-refractivity contribution in [2.24, 2.45) is 10.9 Å². The Kier molecular flexibility index (Phi) is 2.19. The first-order chi connectivity index (χ1) is 4.83. The Morgan fingerprint density at radius 2 is 2.60 bits per heavy atom. The molecule has 0 fully saturated rings. The van der Waals surface area contributed by atoms with Crippen molar-refractivity contribution in [3.63, 3.8) is 0 Å². The predicted octanol–water partition coefficient (Wildman–Crippen LogP) is 1.80. The number of carbonyl (C=O) groups excluding carboxylic acids is 1. The van der Waals surface area contributed by atoms with Crippen molar-refractivity contribution in [1.29, 1.82) is 0 Å². The minimum absolute atomic E-state index is 0.497. The van der Waals surface area contributed by atoms with E-state index < -0.39 is 0 Å². The highest BCUT2D eigenvalue weighted by Gasteiger charge is 2.01. The average Bonchev–Trinajstić information content (AvgIpc) is 1.88. The number of nitrogens with zero attached hydrogens (tertiary/aromatic N) is 1. The van der Waals surface area contributed by atoms with Crippen LogP contribution in [0.4, 0.5) is 0 Å². The van der Waals surface area contributed by atoms with Crippen LogP contribution in [-0.4, -0.2) is 6.08 Å². The lowest BCUT2D eigenvalue weighted by Crippen LogP contribution is -1.92. The van der Waals surface area contributed by atoms with Crippen LogP contribution in [0.1, 0.15) is 13.3 Å². The van der Waals surface area contributed by atoms with E-state index in [4.69, 9.17) is 0 Å². The van der Waals surface area contributed by atoms with Gasteiger partial charge in [-0.05, 0) is 18.4 Å². The largest absolute Gasteiger partial charge is 0.240 e. The Balaban J connectivity index is 2.75. The van der Waals surface area contributed by atoms with E-state index in [-0.39, 0.29) is 0 Å². The lowest BCUT2D eigenvalue weighted by Gasteiger charge is -2.06. The number of hydrogen-bond acceptors (Lipinski definition) is 2. The molecule has 0 heterocycles. The summed E-state index contributed by atoms with van der Waals surface area (Å²) in [6.45, 7) is 2.09. The second kappa shape index (κ2) is 3.14. The molecule has 0 amide bonds. The van der Waals surface area contributed by atoms with Crippen molar-refractivity contribution < 1.29 is 4.79 Å². The zero-order valence-electron chi connectivity index (χ0n) is 5.87. The first-order valence-electron chi connectivity index (χ1n) is 3.29. The summed E-state index contributed by atoms with van der Waals surface area (Å²) < 4.78 is 0. The van der Waals surface area contributed by atoms with E-state index in [2.05, 4.69) is 11.9 Å². The molecule has 0 aromatic rings. The van der Waals surface area contributed by atoms with Gasteiger partial charge in [0.15, 0.2) is 0 Å². The molecule has 1 atom stereocenters. The van der Waals surface area contributed by atoms with Crippen molar-refractivity contribution in [3.05, 3.63) is 23.9 Å². The molecule has 0 saturated carbocycles. The average molecular weight is 135 g/mol. The fourth-order valence-corrected chi connectivity index (χ4v) is 0.946. The maximum Gasteiger partial charge on any atom is 0.240 e. The van der Waals surface area contributed by atoms with E-state index in [9.17, 15) is 4.79 Å². The third-order valence-electron chi connectivity index (χ3n) is 1.43. The lowest BCUT2D eigenvalue weighted by atomic mass is 10.0. The Labute approximate surface area is 60.0 Å². The molecule has 1 unspecified atom stereocenters. The summed E-state index contributed by atoms with van der Waals surface area (Å²) in [6.07, 6.45) is 8.37. The molecule has 10 heavy (non-hydrogen) atoms. The van der Waals surface area contributed by atoms with Gasteiger partial charge in [-0.15, -0.1) is 0 Å². The van der Waals surface area contributed by atoms with E-state index >= 15 is 0 Å². The van der Waals surface area contributed by atoms with Crippen molar-refractivity contribution in [2.45, 2.75) is 13.3 Å². The Bertz CT molecular complexity index is 221. The Morgan fingerprint density at radius 3 is 3.20 bits per heavy atom. The normalized spacial score (nSPS) is 23.3. The number of isocyanates is 1. The standard InChI is InChI=1S/C8H9NO/c1-7-3-2-4-8(5-7)9-6-10/h2,4-5,7H,3H2,1H3. The molecule has 52 valence electrons. The third kappa shape index (κ3) is 1.67. The van der Waals surface area contributed by atoms with E-state index in [0.717, 1.165) is 12.1 Å². The summed E-state index contributed by atoms with van der Waals surface area (Å²) >= 11 is 0. The lowest BCUT2D eigenvalue weighted by molar-refractivity contribution is 0.564. The van der Waals surface area contributed by atoms with Gasteiger partial charge in [0.2, 0.25) is 6.08 Å². The molecule has 0 spiro atoms. The zero-order chi connectivity index (χ0) is 7.40. The Hall–Kier alpha value is -1.14. The maximum atomic E-state index is 9.81. The molecular weight excluding hydrogens is 126 g/mol. The van der Waals surface area contributed by atoms with Crippen LogP contribution in [0.15, 0.2) is 28.9 Å². The van der Waals surface area contributed by atoms with Crippen molar-refractivity contribution in [1.82, 2.24) is 0 Å². The number of aliphatic imine (C=N–C) groups is 1. The first kappa shape index (κ1) is 6.97. The highest BCUT2D eigenvalue weighted by molar-refractivity contribution is 5.40. The summed E-state index contributed by atoms with van der Waals surface area (Å²) in [5.74, 6) is 0.497. The summed E-state index contributed by atoms with van der Waals surface area (Å²) in [5, 5.41) is 0. The summed E-state index contributed by atoms with van der Waals surface area (Å²) in [5.41, 5.74) is 0.730. The van der Waals surface area contributed by atoms with Crippen LogP contribution in [0.2, 0.25) is 0 Å². The molecule has 2 heteroatoms. The molecule has 1 rings (SSSR count). The van der Waals surface area contributed by atoms with Gasteiger partial charge in [-0.2, -0.15) is 4.99 Å². The van der Waals surface area contributed by atoms with Gasteiger partial charge >= 0.3 is 0 Å². The van der Waals surface area contributed by atoms with Gasteiger partial charge in [0, 0.05) is 0 Å². The minimum atomic E-state index is 0.497. The molecule has 0 radical (unpaired) electrons. The van der Waals surface area contributed by atoms with Gasteiger partial charge in [0.05, 0.1) is 5.70 Å².